The first-order valence-electron chi connectivity index (χ1n) is 11.8. The summed E-state index contributed by atoms with van der Waals surface area (Å²) in [5.74, 6) is 2.97. The molecule has 4 heterocycles. The molecule has 2 aliphatic rings. The predicted molar refractivity (Wildman–Crippen MR) is 125 cm³/mol. The van der Waals surface area contributed by atoms with E-state index in [0.717, 1.165) is 105 Å². The second kappa shape index (κ2) is 9.60. The van der Waals surface area contributed by atoms with Crippen molar-refractivity contribution in [1.29, 1.82) is 0 Å². The zero-order valence-corrected chi connectivity index (χ0v) is 18.9. The Morgan fingerprint density at radius 3 is 2.66 bits per heavy atom. The molecule has 8 heteroatoms. The molecule has 0 bridgehead atoms. The smallest absolute Gasteiger partial charge is 0.152 e. The van der Waals surface area contributed by atoms with Crippen molar-refractivity contribution in [3.8, 4) is 5.75 Å². The average molecular weight is 440 g/mol. The maximum atomic E-state index is 6.37. The maximum absolute atomic E-state index is 6.37. The molecule has 32 heavy (non-hydrogen) atoms. The van der Waals surface area contributed by atoms with Crippen LogP contribution in [0.1, 0.15) is 25.6 Å². The fourth-order valence-electron chi connectivity index (χ4n) is 4.80. The average Bonchev–Trinajstić information content (AvgIpc) is 3.19. The van der Waals surface area contributed by atoms with Crippen molar-refractivity contribution in [2.75, 3.05) is 58.4 Å². The maximum Gasteiger partial charge on any atom is 0.152 e. The van der Waals surface area contributed by atoms with Crippen LogP contribution >= 0.6 is 0 Å². The summed E-state index contributed by atoms with van der Waals surface area (Å²) in [4.78, 5) is 11.9. The molecule has 0 amide bonds. The van der Waals surface area contributed by atoms with Crippen LogP contribution in [0.4, 0.5) is 5.82 Å². The van der Waals surface area contributed by atoms with E-state index in [1.54, 1.807) is 0 Å². The predicted octanol–water partition coefficient (Wildman–Crippen LogP) is 2.87. The van der Waals surface area contributed by atoms with Crippen LogP contribution in [0, 0.1) is 5.92 Å². The van der Waals surface area contributed by atoms with Crippen molar-refractivity contribution in [3.05, 3.63) is 24.0 Å². The molecule has 2 aliphatic heterocycles. The molecule has 0 unspecified atom stereocenters. The Hall–Kier alpha value is -2.42. The third-order valence-corrected chi connectivity index (χ3v) is 6.63. The Labute approximate surface area is 188 Å². The number of nitrogens with zero attached hydrogens (tertiary/aromatic N) is 4. The molecule has 0 aliphatic carbocycles. The molecule has 8 nitrogen and oxygen atoms in total. The number of aromatic nitrogens is 3. The number of imidazole rings is 1. The molecule has 0 spiro atoms. The van der Waals surface area contributed by atoms with Crippen LogP contribution in [-0.2, 0) is 22.4 Å². The summed E-state index contributed by atoms with van der Waals surface area (Å²) in [5, 5.41) is 1.08. The topological polar surface area (TPSA) is 87.7 Å². The van der Waals surface area contributed by atoms with Gasteiger partial charge in [0.05, 0.1) is 24.2 Å². The largest absolute Gasteiger partial charge is 0.492 e. The summed E-state index contributed by atoms with van der Waals surface area (Å²) in [6.45, 7) is 9.85. The van der Waals surface area contributed by atoms with Gasteiger partial charge in [0.25, 0.3) is 0 Å². The summed E-state index contributed by atoms with van der Waals surface area (Å²) in [5.41, 5.74) is 9.13. The van der Waals surface area contributed by atoms with Crippen molar-refractivity contribution in [2.24, 2.45) is 5.92 Å². The Morgan fingerprint density at radius 1 is 1.09 bits per heavy atom. The number of benzene rings is 1. The van der Waals surface area contributed by atoms with Gasteiger partial charge in [-0.3, -0.25) is 4.90 Å². The van der Waals surface area contributed by atoms with Gasteiger partial charge in [0.2, 0.25) is 0 Å². The number of anilines is 1. The van der Waals surface area contributed by atoms with Crippen LogP contribution in [0.5, 0.6) is 5.75 Å². The Bertz CT molecular complexity index is 1070. The number of fused-ring (bicyclic) bond motifs is 3. The lowest BCUT2D eigenvalue weighted by Gasteiger charge is -2.26. The van der Waals surface area contributed by atoms with Gasteiger partial charge in [0.1, 0.15) is 23.7 Å². The minimum atomic E-state index is 0.485. The van der Waals surface area contributed by atoms with E-state index in [1.165, 1.54) is 0 Å². The molecule has 1 aromatic carbocycles. The SMILES string of the molecule is CCc1nc2c(N)nc3cc(OCCN4CCOCC4)ccc3c2n1CC1CCOCC1. The molecule has 2 aromatic heterocycles. The van der Waals surface area contributed by atoms with E-state index in [2.05, 4.69) is 27.4 Å². The number of rotatable bonds is 7. The van der Waals surface area contributed by atoms with E-state index < -0.39 is 0 Å². The van der Waals surface area contributed by atoms with E-state index in [1.807, 2.05) is 12.1 Å². The van der Waals surface area contributed by atoms with Crippen molar-refractivity contribution in [3.63, 3.8) is 0 Å². The van der Waals surface area contributed by atoms with Gasteiger partial charge in [-0.1, -0.05) is 6.92 Å². The number of aryl methyl sites for hydroxylation is 1. The lowest BCUT2D eigenvalue weighted by atomic mass is 10.00. The molecule has 5 rings (SSSR count). The number of nitrogens with two attached hydrogens (primary N) is 1. The first-order valence-corrected chi connectivity index (χ1v) is 11.8. The standard InChI is InChI=1S/C24H33N5O3/c1-2-21-27-22-23(29(21)16-17-5-10-30-11-6-17)19-4-3-18(15-20(19)26-24(22)25)32-14-9-28-7-12-31-13-8-28/h3-4,15,17H,2,5-14,16H2,1H3,(H2,25,26). The van der Waals surface area contributed by atoms with Crippen molar-refractivity contribution >= 4 is 27.8 Å². The molecular weight excluding hydrogens is 406 g/mol. The first kappa shape index (κ1) is 21.4. The quantitative estimate of drug-likeness (QED) is 0.606. The van der Waals surface area contributed by atoms with Gasteiger partial charge in [-0.25, -0.2) is 9.97 Å². The molecule has 3 aromatic rings. The van der Waals surface area contributed by atoms with Crippen LogP contribution in [0.3, 0.4) is 0 Å². The van der Waals surface area contributed by atoms with Gasteiger partial charge in [-0.05, 0) is 30.9 Å². The molecule has 2 fully saturated rings. The summed E-state index contributed by atoms with van der Waals surface area (Å²) >= 11 is 0. The Balaban J connectivity index is 1.43. The highest BCUT2D eigenvalue weighted by Crippen LogP contribution is 2.32. The van der Waals surface area contributed by atoms with Crippen molar-refractivity contribution in [2.45, 2.75) is 32.7 Å². The van der Waals surface area contributed by atoms with Crippen molar-refractivity contribution < 1.29 is 14.2 Å². The number of hydrogen-bond acceptors (Lipinski definition) is 7. The summed E-state index contributed by atoms with van der Waals surface area (Å²) in [6.07, 6.45) is 3.03. The van der Waals surface area contributed by atoms with Gasteiger partial charge in [-0.15, -0.1) is 0 Å². The third kappa shape index (κ3) is 4.40. The molecule has 172 valence electrons. The molecule has 0 atom stereocenters. The summed E-state index contributed by atoms with van der Waals surface area (Å²) in [6, 6.07) is 6.15. The number of pyridine rings is 1. The van der Waals surface area contributed by atoms with Crippen LogP contribution in [0.2, 0.25) is 0 Å². The van der Waals surface area contributed by atoms with Crippen LogP contribution in [-0.4, -0.2) is 72.1 Å². The highest BCUT2D eigenvalue weighted by atomic mass is 16.5. The van der Waals surface area contributed by atoms with E-state index in [0.29, 0.717) is 18.3 Å². The number of ether oxygens (including phenoxy) is 3. The molecular formula is C24H33N5O3. The van der Waals surface area contributed by atoms with Gasteiger partial charge in [0.15, 0.2) is 5.82 Å². The second-order valence-corrected chi connectivity index (χ2v) is 8.72. The molecule has 0 radical (unpaired) electrons. The second-order valence-electron chi connectivity index (χ2n) is 8.72. The van der Waals surface area contributed by atoms with E-state index in [4.69, 9.17) is 24.9 Å². The normalized spacial score (nSPS) is 18.5. The summed E-state index contributed by atoms with van der Waals surface area (Å²) in [7, 11) is 0. The number of morpholine rings is 1. The highest BCUT2D eigenvalue weighted by molar-refractivity contribution is 6.06. The first-order chi connectivity index (χ1) is 15.7. The van der Waals surface area contributed by atoms with E-state index >= 15 is 0 Å². The number of hydrogen-bond donors (Lipinski definition) is 1. The Kier molecular flexibility index (Phi) is 6.43. The molecule has 2 saturated heterocycles. The van der Waals surface area contributed by atoms with Gasteiger partial charge in [-0.2, -0.15) is 0 Å². The van der Waals surface area contributed by atoms with Crippen LogP contribution in [0.15, 0.2) is 18.2 Å². The minimum absolute atomic E-state index is 0.485. The zero-order chi connectivity index (χ0) is 21.9. The van der Waals surface area contributed by atoms with E-state index in [-0.39, 0.29) is 0 Å². The van der Waals surface area contributed by atoms with Crippen LogP contribution in [0.25, 0.3) is 21.9 Å². The lowest BCUT2D eigenvalue weighted by Crippen LogP contribution is -2.38. The van der Waals surface area contributed by atoms with Crippen molar-refractivity contribution in [1.82, 2.24) is 19.4 Å². The fraction of sp³-hybridized carbons (Fsp3) is 0.583. The van der Waals surface area contributed by atoms with E-state index in [9.17, 15) is 0 Å². The fourth-order valence-corrected chi connectivity index (χ4v) is 4.80. The summed E-state index contributed by atoms with van der Waals surface area (Å²) < 4.78 is 19.4. The Morgan fingerprint density at radius 2 is 1.88 bits per heavy atom. The van der Waals surface area contributed by atoms with Gasteiger partial charge < -0.3 is 24.5 Å². The van der Waals surface area contributed by atoms with Gasteiger partial charge in [0, 0.05) is 57.3 Å². The van der Waals surface area contributed by atoms with Gasteiger partial charge >= 0.3 is 0 Å². The molecule has 0 saturated carbocycles. The number of nitrogen functional groups attached to an aromatic ring is 1. The zero-order valence-electron chi connectivity index (χ0n) is 18.9. The van der Waals surface area contributed by atoms with Crippen LogP contribution < -0.4 is 10.5 Å². The lowest BCUT2D eigenvalue weighted by molar-refractivity contribution is 0.0322. The minimum Gasteiger partial charge on any atom is -0.492 e. The highest BCUT2D eigenvalue weighted by Gasteiger charge is 2.21. The third-order valence-electron chi connectivity index (χ3n) is 6.63. The monoisotopic (exact) mass is 439 g/mol. The molecule has 2 N–H and O–H groups in total.